The number of nitriles is 1. The summed E-state index contributed by atoms with van der Waals surface area (Å²) in [6.45, 7) is 3.30. The Morgan fingerprint density at radius 3 is 2.71 bits per heavy atom. The van der Waals surface area contributed by atoms with Gasteiger partial charge in [-0.2, -0.15) is 10.4 Å². The molecule has 2 N–H and O–H groups in total. The van der Waals surface area contributed by atoms with Crippen molar-refractivity contribution in [3.05, 3.63) is 53.5 Å². The molecule has 1 heterocycles. The summed E-state index contributed by atoms with van der Waals surface area (Å²) >= 11 is 0. The Kier molecular flexibility index (Phi) is 5.47. The van der Waals surface area contributed by atoms with Gasteiger partial charge in [0.2, 0.25) is 5.91 Å². The first-order chi connectivity index (χ1) is 11.5. The summed E-state index contributed by atoms with van der Waals surface area (Å²) in [5.74, 6) is -0.241. The van der Waals surface area contributed by atoms with Crippen molar-refractivity contribution in [3.63, 3.8) is 0 Å². The molecule has 0 saturated heterocycles. The number of nitrogens with one attached hydrogen (secondary N) is 2. The van der Waals surface area contributed by atoms with Crippen LogP contribution >= 0.6 is 0 Å². The van der Waals surface area contributed by atoms with Crippen LogP contribution in [0.4, 0.5) is 5.69 Å². The Morgan fingerprint density at radius 1 is 1.29 bits per heavy atom. The zero-order valence-electron chi connectivity index (χ0n) is 13.3. The minimum Gasteiger partial charge on any atom is -0.469 e. The highest BCUT2D eigenvalue weighted by atomic mass is 16.3. The van der Waals surface area contributed by atoms with Gasteiger partial charge >= 0.3 is 0 Å². The van der Waals surface area contributed by atoms with Crippen molar-refractivity contribution < 1.29 is 14.0 Å². The first-order valence-electron chi connectivity index (χ1n) is 7.18. The molecule has 0 atom stereocenters. The fraction of sp³-hybridized carbons (Fsp3) is 0.176. The van der Waals surface area contributed by atoms with Gasteiger partial charge in [0, 0.05) is 5.71 Å². The van der Waals surface area contributed by atoms with E-state index in [4.69, 9.17) is 9.68 Å². The zero-order chi connectivity index (χ0) is 17.5. The molecule has 1 aromatic heterocycles. The largest absolute Gasteiger partial charge is 0.469 e. The quantitative estimate of drug-likeness (QED) is 0.651. The van der Waals surface area contributed by atoms with Crippen LogP contribution in [-0.2, 0) is 4.79 Å². The fourth-order valence-electron chi connectivity index (χ4n) is 1.98. The molecule has 0 radical (unpaired) electrons. The van der Waals surface area contributed by atoms with Crippen molar-refractivity contribution in [1.82, 2.24) is 5.43 Å². The van der Waals surface area contributed by atoms with E-state index in [0.717, 1.165) is 0 Å². The molecule has 0 spiro atoms. The SMILES string of the molecule is C/C(CC(=O)Nc1ccccc1C#N)=N/NC(=O)c1ccoc1C. The van der Waals surface area contributed by atoms with Crippen molar-refractivity contribution in [2.75, 3.05) is 5.32 Å². The highest BCUT2D eigenvalue weighted by Crippen LogP contribution is 2.13. The molecule has 122 valence electrons. The molecule has 0 bridgehead atoms. The van der Waals surface area contributed by atoms with Crippen LogP contribution in [0.5, 0.6) is 0 Å². The molecule has 2 aromatic rings. The van der Waals surface area contributed by atoms with Crippen LogP contribution in [0.1, 0.15) is 35.0 Å². The van der Waals surface area contributed by atoms with E-state index in [2.05, 4.69) is 15.8 Å². The summed E-state index contributed by atoms with van der Waals surface area (Å²) in [5, 5.41) is 15.5. The van der Waals surface area contributed by atoms with Gasteiger partial charge in [-0.15, -0.1) is 0 Å². The number of hydrazone groups is 1. The van der Waals surface area contributed by atoms with Crippen LogP contribution in [0.2, 0.25) is 0 Å². The number of carbonyl (C=O) groups excluding carboxylic acids is 2. The molecule has 0 aliphatic heterocycles. The lowest BCUT2D eigenvalue weighted by molar-refractivity contribution is -0.115. The van der Waals surface area contributed by atoms with Gasteiger partial charge < -0.3 is 9.73 Å². The molecular weight excluding hydrogens is 308 g/mol. The summed E-state index contributed by atoms with van der Waals surface area (Å²) in [7, 11) is 0. The van der Waals surface area contributed by atoms with Gasteiger partial charge in [0.1, 0.15) is 11.8 Å². The highest BCUT2D eigenvalue weighted by Gasteiger charge is 2.11. The van der Waals surface area contributed by atoms with E-state index in [1.54, 1.807) is 44.2 Å². The molecule has 0 saturated carbocycles. The predicted octanol–water partition coefficient (Wildman–Crippen LogP) is 2.59. The Morgan fingerprint density at radius 2 is 2.04 bits per heavy atom. The van der Waals surface area contributed by atoms with Crippen molar-refractivity contribution in [2.24, 2.45) is 5.10 Å². The lowest BCUT2D eigenvalue weighted by atomic mass is 10.2. The van der Waals surface area contributed by atoms with E-state index in [9.17, 15) is 9.59 Å². The third-order valence-electron chi connectivity index (χ3n) is 3.19. The van der Waals surface area contributed by atoms with Crippen LogP contribution in [0.25, 0.3) is 0 Å². The van der Waals surface area contributed by atoms with Crippen molar-refractivity contribution in [2.45, 2.75) is 20.3 Å². The molecule has 0 aliphatic carbocycles. The third kappa shape index (κ3) is 4.30. The summed E-state index contributed by atoms with van der Waals surface area (Å²) < 4.78 is 5.05. The Balaban J connectivity index is 1.93. The zero-order valence-corrected chi connectivity index (χ0v) is 13.3. The third-order valence-corrected chi connectivity index (χ3v) is 3.19. The van der Waals surface area contributed by atoms with Gasteiger partial charge in [0.25, 0.3) is 5.91 Å². The Hall–Kier alpha value is -3.40. The van der Waals surface area contributed by atoms with E-state index in [1.165, 1.54) is 6.26 Å². The van der Waals surface area contributed by atoms with E-state index < -0.39 is 5.91 Å². The number of amides is 2. The molecule has 0 aliphatic rings. The number of furan rings is 1. The second-order valence-electron chi connectivity index (χ2n) is 5.06. The number of hydrogen-bond acceptors (Lipinski definition) is 5. The maximum atomic E-state index is 12.0. The minimum atomic E-state index is -0.407. The van der Waals surface area contributed by atoms with Gasteiger partial charge in [0.15, 0.2) is 0 Å². The van der Waals surface area contributed by atoms with Crippen LogP contribution < -0.4 is 10.7 Å². The number of hydrogen-bond donors (Lipinski definition) is 2. The van der Waals surface area contributed by atoms with Crippen molar-refractivity contribution in [3.8, 4) is 6.07 Å². The number of carbonyl (C=O) groups is 2. The van der Waals surface area contributed by atoms with Gasteiger partial charge in [-0.25, -0.2) is 5.43 Å². The summed E-state index contributed by atoms with van der Waals surface area (Å²) in [6, 6.07) is 10.3. The van der Waals surface area contributed by atoms with E-state index in [1.807, 2.05) is 6.07 Å². The summed E-state index contributed by atoms with van der Waals surface area (Å²) in [5.41, 5.74) is 4.01. The first-order valence-corrected chi connectivity index (χ1v) is 7.18. The Bertz CT molecular complexity index is 830. The fourth-order valence-corrected chi connectivity index (χ4v) is 1.98. The van der Waals surface area contributed by atoms with E-state index >= 15 is 0 Å². The Labute approximate surface area is 139 Å². The number of anilines is 1. The standard InChI is InChI=1S/C17H16N4O3/c1-11(20-21-17(23)14-7-8-24-12(14)2)9-16(22)19-15-6-4-3-5-13(15)10-18/h3-8H,9H2,1-2H3,(H,19,22)(H,21,23)/b20-11-. The van der Waals surface area contributed by atoms with Gasteiger partial charge in [-0.1, -0.05) is 12.1 Å². The molecule has 1 aromatic carbocycles. The maximum absolute atomic E-state index is 12.0. The van der Waals surface area contributed by atoms with Gasteiger partial charge in [-0.05, 0) is 32.0 Å². The molecular formula is C17H16N4O3. The second kappa shape index (κ2) is 7.74. The number of para-hydroxylation sites is 1. The molecule has 7 heteroatoms. The number of rotatable bonds is 5. The first kappa shape index (κ1) is 17.0. The average Bonchev–Trinajstić information content (AvgIpc) is 2.99. The number of benzene rings is 1. The number of nitrogens with zero attached hydrogens (tertiary/aromatic N) is 2. The van der Waals surface area contributed by atoms with E-state index in [-0.39, 0.29) is 12.3 Å². The molecule has 0 fully saturated rings. The molecule has 2 rings (SSSR count). The summed E-state index contributed by atoms with van der Waals surface area (Å²) in [6.07, 6.45) is 1.41. The lowest BCUT2D eigenvalue weighted by Crippen LogP contribution is -2.21. The van der Waals surface area contributed by atoms with E-state index in [0.29, 0.717) is 28.3 Å². The van der Waals surface area contributed by atoms with Crippen molar-refractivity contribution >= 4 is 23.2 Å². The normalized spacial score (nSPS) is 10.8. The molecule has 7 nitrogen and oxygen atoms in total. The van der Waals surface area contributed by atoms with Crippen LogP contribution in [-0.4, -0.2) is 17.5 Å². The summed E-state index contributed by atoms with van der Waals surface area (Å²) in [4.78, 5) is 23.9. The van der Waals surface area contributed by atoms with Crippen LogP contribution in [0.3, 0.4) is 0 Å². The smallest absolute Gasteiger partial charge is 0.274 e. The monoisotopic (exact) mass is 324 g/mol. The van der Waals surface area contributed by atoms with Gasteiger partial charge in [-0.3, -0.25) is 9.59 Å². The number of aryl methyl sites for hydroxylation is 1. The molecule has 2 amide bonds. The van der Waals surface area contributed by atoms with Crippen LogP contribution in [0, 0.1) is 18.3 Å². The second-order valence-corrected chi connectivity index (χ2v) is 5.06. The highest BCUT2D eigenvalue weighted by molar-refractivity contribution is 6.06. The van der Waals surface area contributed by atoms with Crippen molar-refractivity contribution in [1.29, 1.82) is 5.26 Å². The molecule has 24 heavy (non-hydrogen) atoms. The predicted molar refractivity (Wildman–Crippen MR) is 88.4 cm³/mol. The molecule has 0 unspecified atom stereocenters. The topological polar surface area (TPSA) is 107 Å². The lowest BCUT2D eigenvalue weighted by Gasteiger charge is -2.06. The van der Waals surface area contributed by atoms with Crippen LogP contribution in [0.15, 0.2) is 46.1 Å². The average molecular weight is 324 g/mol. The minimum absolute atomic E-state index is 0.00951. The maximum Gasteiger partial charge on any atom is 0.274 e. The van der Waals surface area contributed by atoms with Gasteiger partial charge in [0.05, 0.1) is 29.5 Å².